The van der Waals surface area contributed by atoms with E-state index in [-0.39, 0.29) is 46.7 Å². The highest BCUT2D eigenvalue weighted by atomic mass is 16.6. The fourth-order valence-corrected chi connectivity index (χ4v) is 6.76. The Labute approximate surface area is 239 Å². The van der Waals surface area contributed by atoms with Gasteiger partial charge in [-0.15, -0.1) is 0 Å². The number of anilines is 1. The van der Waals surface area contributed by atoms with E-state index >= 15 is 0 Å². The molecule has 2 saturated carbocycles. The van der Waals surface area contributed by atoms with Gasteiger partial charge in [-0.25, -0.2) is 9.69 Å². The molecular formula is C32H24N2O8. The minimum atomic E-state index is -0.747. The van der Waals surface area contributed by atoms with Crippen LogP contribution in [0.5, 0.6) is 11.5 Å². The van der Waals surface area contributed by atoms with E-state index in [1.165, 1.54) is 53.4 Å². The molecule has 1 saturated heterocycles. The Bertz CT molecular complexity index is 1640. The molecule has 210 valence electrons. The van der Waals surface area contributed by atoms with Crippen LogP contribution in [0, 0.1) is 45.6 Å². The predicted octanol–water partition coefficient (Wildman–Crippen LogP) is 4.98. The van der Waals surface area contributed by atoms with Crippen LogP contribution in [0.15, 0.2) is 84.9 Å². The van der Waals surface area contributed by atoms with Crippen LogP contribution in [0.2, 0.25) is 0 Å². The summed E-state index contributed by atoms with van der Waals surface area (Å²) in [5.74, 6) is -0.264. The Balaban J connectivity index is 0.978. The lowest BCUT2D eigenvalue weighted by Gasteiger charge is -2.37. The Morgan fingerprint density at radius 1 is 0.833 bits per heavy atom. The van der Waals surface area contributed by atoms with Gasteiger partial charge in [-0.05, 0) is 84.7 Å². The van der Waals surface area contributed by atoms with E-state index in [2.05, 4.69) is 12.2 Å². The second-order valence-corrected chi connectivity index (χ2v) is 11.1. The number of carbonyl (C=O) groups excluding carboxylic acids is 4. The van der Waals surface area contributed by atoms with Crippen LogP contribution in [-0.2, 0) is 14.3 Å². The molecule has 0 spiro atoms. The van der Waals surface area contributed by atoms with Gasteiger partial charge in [0.05, 0.1) is 28.0 Å². The molecule has 0 unspecified atom stereocenters. The number of ether oxygens (including phenoxy) is 2. The largest absolute Gasteiger partial charge is 0.457 e. The van der Waals surface area contributed by atoms with Crippen LogP contribution in [0.4, 0.5) is 11.4 Å². The van der Waals surface area contributed by atoms with Crippen molar-refractivity contribution in [2.45, 2.75) is 6.42 Å². The molecule has 8 rings (SSSR count). The topological polar surface area (TPSA) is 133 Å². The zero-order valence-electron chi connectivity index (χ0n) is 22.1. The molecule has 1 heterocycles. The lowest BCUT2D eigenvalue weighted by Crippen LogP contribution is -2.40. The lowest BCUT2D eigenvalue weighted by molar-refractivity contribution is -0.384. The number of nitrogens with zero attached hydrogens (tertiary/aromatic N) is 2. The third-order valence-corrected chi connectivity index (χ3v) is 8.80. The van der Waals surface area contributed by atoms with Crippen LogP contribution in [-0.4, -0.2) is 35.1 Å². The number of hydrogen-bond acceptors (Lipinski definition) is 8. The zero-order chi connectivity index (χ0) is 29.1. The molecule has 10 heteroatoms. The molecule has 2 amide bonds. The van der Waals surface area contributed by atoms with Crippen LogP contribution in [0.25, 0.3) is 0 Å². The van der Waals surface area contributed by atoms with Gasteiger partial charge < -0.3 is 9.47 Å². The monoisotopic (exact) mass is 564 g/mol. The number of hydrogen-bond donors (Lipinski definition) is 0. The maximum Gasteiger partial charge on any atom is 0.338 e. The van der Waals surface area contributed by atoms with Crippen molar-refractivity contribution in [1.82, 2.24) is 0 Å². The van der Waals surface area contributed by atoms with Crippen molar-refractivity contribution in [3.63, 3.8) is 0 Å². The number of nitro groups is 1. The van der Waals surface area contributed by atoms with Gasteiger partial charge in [0.25, 0.3) is 5.69 Å². The molecule has 3 fully saturated rings. The predicted molar refractivity (Wildman–Crippen MR) is 148 cm³/mol. The number of rotatable bonds is 8. The normalized spacial score (nSPS) is 26.4. The van der Waals surface area contributed by atoms with Crippen molar-refractivity contribution in [3.8, 4) is 11.5 Å². The summed E-state index contributed by atoms with van der Waals surface area (Å²) in [6, 6.07) is 17.9. The highest BCUT2D eigenvalue weighted by molar-refractivity contribution is 6.23. The first-order valence-electron chi connectivity index (χ1n) is 13.7. The maximum atomic E-state index is 13.4. The summed E-state index contributed by atoms with van der Waals surface area (Å²) in [5.41, 5.74) is 0.703. The molecule has 3 aromatic carbocycles. The van der Waals surface area contributed by atoms with Gasteiger partial charge in [-0.2, -0.15) is 0 Å². The van der Waals surface area contributed by atoms with Crippen molar-refractivity contribution >= 4 is 34.9 Å². The van der Waals surface area contributed by atoms with Crippen LogP contribution >= 0.6 is 0 Å². The number of nitro benzene ring substituents is 1. The van der Waals surface area contributed by atoms with Gasteiger partial charge in [-0.3, -0.25) is 24.5 Å². The number of Topliss-reactive ketones (excluding diaryl/α,β-unsaturated/α-hetero) is 1. The molecule has 10 nitrogen and oxygen atoms in total. The fourth-order valence-electron chi connectivity index (χ4n) is 6.76. The number of amides is 2. The Morgan fingerprint density at radius 2 is 1.43 bits per heavy atom. The molecule has 6 atom stereocenters. The van der Waals surface area contributed by atoms with Crippen LogP contribution < -0.4 is 9.64 Å². The summed E-state index contributed by atoms with van der Waals surface area (Å²) in [4.78, 5) is 63.8. The summed E-state index contributed by atoms with van der Waals surface area (Å²) in [7, 11) is 0. The quantitative estimate of drug-likeness (QED) is 0.0934. The van der Waals surface area contributed by atoms with Crippen LogP contribution in [0.3, 0.4) is 0 Å². The molecule has 0 N–H and O–H groups in total. The standard InChI is InChI=1S/C32H24N2O8/c35-27(17-4-8-21(9-5-17)42-22-10-6-19(7-11-22)34(39)40)16-41-32(38)18-2-1-3-20(14-18)33-30(36)28-23-12-13-24(26-15-25(23)26)29(28)31(33)37/h1-14,23-26,28-29H,15-16H2/t23-,24-,25-,26+,28-,29-/m1/s1. The number of benzene rings is 3. The summed E-state index contributed by atoms with van der Waals surface area (Å²) in [6.45, 7) is -0.505. The molecule has 4 aliphatic carbocycles. The van der Waals surface area contributed by atoms with Gasteiger partial charge in [-0.1, -0.05) is 18.2 Å². The summed E-state index contributed by atoms with van der Waals surface area (Å²) in [5, 5.41) is 10.8. The third kappa shape index (κ3) is 4.27. The highest BCUT2D eigenvalue weighted by Gasteiger charge is 2.67. The first-order chi connectivity index (χ1) is 20.3. The molecular weight excluding hydrogens is 540 g/mol. The van der Waals surface area contributed by atoms with E-state index in [1.54, 1.807) is 24.3 Å². The van der Waals surface area contributed by atoms with E-state index < -0.39 is 23.3 Å². The minimum absolute atomic E-state index is 0.0549. The summed E-state index contributed by atoms with van der Waals surface area (Å²) in [6.07, 6.45) is 5.30. The van der Waals surface area contributed by atoms with Crippen molar-refractivity contribution in [3.05, 3.63) is 106 Å². The zero-order valence-corrected chi connectivity index (χ0v) is 22.1. The smallest absolute Gasteiger partial charge is 0.338 e. The molecule has 1 aliphatic heterocycles. The van der Waals surface area contributed by atoms with E-state index in [0.717, 1.165) is 6.42 Å². The number of esters is 1. The highest BCUT2D eigenvalue weighted by Crippen LogP contribution is 2.65. The SMILES string of the molecule is O=C(COC(=O)c1cccc(N2C(=O)[C@@H]3[C@@H]4C=C[C@H]([C@@H]5C[C@H]45)[C@H]3C2=O)c1)c1ccc(Oc2ccc([N+](=O)[O-])cc2)cc1. The first-order valence-corrected chi connectivity index (χ1v) is 13.7. The van der Waals surface area contributed by atoms with Gasteiger partial charge in [0.2, 0.25) is 11.8 Å². The van der Waals surface area contributed by atoms with Crippen molar-refractivity contribution in [2.24, 2.45) is 35.5 Å². The van der Waals surface area contributed by atoms with Gasteiger partial charge in [0.1, 0.15) is 11.5 Å². The molecule has 2 bridgehead atoms. The summed E-state index contributed by atoms with van der Waals surface area (Å²) >= 11 is 0. The van der Waals surface area contributed by atoms with Gasteiger partial charge in [0, 0.05) is 17.7 Å². The molecule has 0 aromatic heterocycles. The Kier molecular flexibility index (Phi) is 6.00. The number of non-ortho nitro benzene ring substituents is 1. The van der Waals surface area contributed by atoms with Gasteiger partial charge >= 0.3 is 5.97 Å². The van der Waals surface area contributed by atoms with E-state index in [4.69, 9.17) is 9.47 Å². The summed E-state index contributed by atoms with van der Waals surface area (Å²) < 4.78 is 10.9. The van der Waals surface area contributed by atoms with Crippen molar-refractivity contribution in [1.29, 1.82) is 0 Å². The number of imide groups is 1. The van der Waals surface area contributed by atoms with E-state index in [0.29, 0.717) is 34.6 Å². The van der Waals surface area contributed by atoms with Crippen molar-refractivity contribution in [2.75, 3.05) is 11.5 Å². The number of allylic oxidation sites excluding steroid dienone is 2. The minimum Gasteiger partial charge on any atom is -0.457 e. The van der Waals surface area contributed by atoms with Crippen LogP contribution in [0.1, 0.15) is 27.1 Å². The van der Waals surface area contributed by atoms with Gasteiger partial charge in [0.15, 0.2) is 12.4 Å². The maximum absolute atomic E-state index is 13.4. The second kappa shape index (κ2) is 9.76. The average Bonchev–Trinajstić information content (AvgIpc) is 3.79. The molecule has 3 aromatic rings. The first kappa shape index (κ1) is 25.8. The van der Waals surface area contributed by atoms with E-state index in [1.807, 2.05) is 0 Å². The molecule has 5 aliphatic rings. The second-order valence-electron chi connectivity index (χ2n) is 11.1. The third-order valence-electron chi connectivity index (χ3n) is 8.80. The molecule has 0 radical (unpaired) electrons. The number of carbonyl (C=O) groups is 4. The Hall–Kier alpha value is -5.12. The van der Waals surface area contributed by atoms with E-state index in [9.17, 15) is 29.3 Å². The Morgan fingerprint density at radius 3 is 2.02 bits per heavy atom. The lowest BCUT2D eigenvalue weighted by atomic mass is 9.63. The molecule has 42 heavy (non-hydrogen) atoms. The number of ketones is 1. The average molecular weight is 565 g/mol. The van der Waals surface area contributed by atoms with Crippen molar-refractivity contribution < 1.29 is 33.6 Å². The fraction of sp³-hybridized carbons (Fsp3) is 0.250.